The Balaban J connectivity index is 1.57. The van der Waals surface area contributed by atoms with E-state index in [0.29, 0.717) is 22.5 Å². The first-order valence-electron chi connectivity index (χ1n) is 8.21. The van der Waals surface area contributed by atoms with E-state index in [1.807, 2.05) is 31.2 Å². The normalized spacial score (nSPS) is 10.4. The predicted molar refractivity (Wildman–Crippen MR) is 105 cm³/mol. The van der Waals surface area contributed by atoms with Crippen LogP contribution in [0.25, 0.3) is 11.5 Å². The molecule has 0 radical (unpaired) electrons. The number of carbonyl (C=O) groups excluding carboxylic acids is 2. The predicted octanol–water partition coefficient (Wildman–Crippen LogP) is 3.73. The van der Waals surface area contributed by atoms with E-state index >= 15 is 0 Å². The second-order valence-electron chi connectivity index (χ2n) is 5.79. The molecular weight excluding hydrogens is 364 g/mol. The summed E-state index contributed by atoms with van der Waals surface area (Å²) in [4.78, 5) is 23.2. The molecule has 2 N–H and O–H groups in total. The highest BCUT2D eigenvalue weighted by Gasteiger charge is 2.12. The topological polar surface area (TPSA) is 97.1 Å². The first-order chi connectivity index (χ1) is 13.0. The SMILES string of the molecule is CC(=O)Nc1cccc(NC(=O)CSc2nnc(-c3ccccc3C)o2)c1. The summed E-state index contributed by atoms with van der Waals surface area (Å²) >= 11 is 1.16. The highest BCUT2D eigenvalue weighted by atomic mass is 32.2. The van der Waals surface area contributed by atoms with Crippen LogP contribution >= 0.6 is 11.8 Å². The average Bonchev–Trinajstić information content (AvgIpc) is 3.09. The lowest BCUT2D eigenvalue weighted by molar-refractivity contribution is -0.114. The maximum atomic E-state index is 12.1. The van der Waals surface area contributed by atoms with E-state index in [1.165, 1.54) is 6.92 Å². The Kier molecular flexibility index (Phi) is 5.87. The lowest BCUT2D eigenvalue weighted by Crippen LogP contribution is -2.14. The van der Waals surface area contributed by atoms with Crippen molar-refractivity contribution in [1.82, 2.24) is 10.2 Å². The second kappa shape index (κ2) is 8.50. The van der Waals surface area contributed by atoms with E-state index in [0.717, 1.165) is 22.9 Å². The molecule has 0 saturated heterocycles. The molecule has 3 aromatic rings. The number of aryl methyl sites for hydroxylation is 1. The molecule has 0 bridgehead atoms. The van der Waals surface area contributed by atoms with Gasteiger partial charge in [0.15, 0.2) is 0 Å². The Bertz CT molecular complexity index is 971. The van der Waals surface area contributed by atoms with Gasteiger partial charge in [-0.15, -0.1) is 10.2 Å². The van der Waals surface area contributed by atoms with Gasteiger partial charge >= 0.3 is 0 Å². The van der Waals surface area contributed by atoms with Gasteiger partial charge in [0.2, 0.25) is 17.7 Å². The van der Waals surface area contributed by atoms with Crippen LogP contribution < -0.4 is 10.6 Å². The molecule has 1 aromatic heterocycles. The number of nitrogens with zero attached hydrogens (tertiary/aromatic N) is 2. The molecule has 0 aliphatic rings. The molecule has 0 atom stereocenters. The van der Waals surface area contributed by atoms with Crippen LogP contribution in [0.2, 0.25) is 0 Å². The molecule has 2 aromatic carbocycles. The lowest BCUT2D eigenvalue weighted by atomic mass is 10.1. The Labute approximate surface area is 160 Å². The fourth-order valence-electron chi connectivity index (χ4n) is 2.39. The summed E-state index contributed by atoms with van der Waals surface area (Å²) in [7, 11) is 0. The fourth-order valence-corrected chi connectivity index (χ4v) is 2.96. The quantitative estimate of drug-likeness (QED) is 0.631. The summed E-state index contributed by atoms with van der Waals surface area (Å²) in [6.45, 7) is 3.40. The zero-order valence-corrected chi connectivity index (χ0v) is 15.7. The van der Waals surface area contributed by atoms with E-state index in [9.17, 15) is 9.59 Å². The molecule has 1 heterocycles. The number of aromatic nitrogens is 2. The highest BCUT2D eigenvalue weighted by molar-refractivity contribution is 7.99. The van der Waals surface area contributed by atoms with Crippen molar-refractivity contribution < 1.29 is 14.0 Å². The molecule has 0 spiro atoms. The Morgan fingerprint density at radius 3 is 2.52 bits per heavy atom. The Morgan fingerprint density at radius 2 is 1.78 bits per heavy atom. The molecule has 3 rings (SSSR count). The van der Waals surface area contributed by atoms with Crippen molar-refractivity contribution in [2.75, 3.05) is 16.4 Å². The van der Waals surface area contributed by atoms with E-state index in [4.69, 9.17) is 4.42 Å². The van der Waals surface area contributed by atoms with Gasteiger partial charge in [0.1, 0.15) is 0 Å². The standard InChI is InChI=1S/C19H18N4O3S/c1-12-6-3-4-9-16(12)18-22-23-19(26-18)27-11-17(25)21-15-8-5-7-14(10-15)20-13(2)24/h3-10H,11H2,1-2H3,(H,20,24)(H,21,25). The summed E-state index contributed by atoms with van der Waals surface area (Å²) in [5, 5.41) is 13.8. The van der Waals surface area contributed by atoms with Crippen LogP contribution in [-0.2, 0) is 9.59 Å². The largest absolute Gasteiger partial charge is 0.411 e. The van der Waals surface area contributed by atoms with Gasteiger partial charge in [-0.3, -0.25) is 9.59 Å². The van der Waals surface area contributed by atoms with Crippen molar-refractivity contribution in [1.29, 1.82) is 0 Å². The van der Waals surface area contributed by atoms with Crippen LogP contribution in [-0.4, -0.2) is 27.8 Å². The van der Waals surface area contributed by atoms with E-state index < -0.39 is 0 Å². The lowest BCUT2D eigenvalue weighted by Gasteiger charge is -2.07. The van der Waals surface area contributed by atoms with Crippen molar-refractivity contribution >= 4 is 35.0 Å². The maximum Gasteiger partial charge on any atom is 0.277 e. The minimum absolute atomic E-state index is 0.125. The van der Waals surface area contributed by atoms with Gasteiger partial charge in [-0.25, -0.2) is 0 Å². The van der Waals surface area contributed by atoms with Crippen molar-refractivity contribution in [3.05, 3.63) is 54.1 Å². The fraction of sp³-hybridized carbons (Fsp3) is 0.158. The first-order valence-corrected chi connectivity index (χ1v) is 9.19. The van der Waals surface area contributed by atoms with Crippen LogP contribution in [0.3, 0.4) is 0 Å². The number of amides is 2. The summed E-state index contributed by atoms with van der Waals surface area (Å²) in [6, 6.07) is 14.7. The number of benzene rings is 2. The summed E-state index contributed by atoms with van der Waals surface area (Å²) < 4.78 is 5.63. The smallest absolute Gasteiger partial charge is 0.277 e. The van der Waals surface area contributed by atoms with Gasteiger partial charge in [-0.2, -0.15) is 0 Å². The van der Waals surface area contributed by atoms with Crippen LogP contribution in [0, 0.1) is 6.92 Å². The molecular formula is C19H18N4O3S. The number of carbonyl (C=O) groups is 2. The van der Waals surface area contributed by atoms with Gasteiger partial charge in [0, 0.05) is 23.9 Å². The highest BCUT2D eigenvalue weighted by Crippen LogP contribution is 2.25. The van der Waals surface area contributed by atoms with E-state index in [-0.39, 0.29) is 17.6 Å². The third kappa shape index (κ3) is 5.18. The van der Waals surface area contributed by atoms with Gasteiger partial charge in [-0.05, 0) is 36.8 Å². The zero-order chi connectivity index (χ0) is 19.2. The molecule has 27 heavy (non-hydrogen) atoms. The monoisotopic (exact) mass is 382 g/mol. The Hall–Kier alpha value is -3.13. The molecule has 0 fully saturated rings. The molecule has 2 amide bonds. The van der Waals surface area contributed by atoms with Crippen LogP contribution in [0.15, 0.2) is 58.2 Å². The van der Waals surface area contributed by atoms with Crippen molar-refractivity contribution in [3.63, 3.8) is 0 Å². The number of anilines is 2. The Morgan fingerprint density at radius 1 is 1.04 bits per heavy atom. The number of thioether (sulfide) groups is 1. The minimum atomic E-state index is -0.212. The molecule has 0 saturated carbocycles. The molecule has 0 unspecified atom stereocenters. The van der Waals surface area contributed by atoms with E-state index in [2.05, 4.69) is 20.8 Å². The third-order valence-corrected chi connectivity index (χ3v) is 4.39. The van der Waals surface area contributed by atoms with Gasteiger partial charge in [-0.1, -0.05) is 36.0 Å². The molecule has 0 aliphatic heterocycles. The summed E-state index contributed by atoms with van der Waals surface area (Å²) in [6.07, 6.45) is 0. The van der Waals surface area contributed by atoms with Gasteiger partial charge in [0.25, 0.3) is 5.22 Å². The van der Waals surface area contributed by atoms with Crippen molar-refractivity contribution in [2.24, 2.45) is 0 Å². The summed E-state index contributed by atoms with van der Waals surface area (Å²) in [5.74, 6) is 0.171. The molecule has 138 valence electrons. The van der Waals surface area contributed by atoms with E-state index in [1.54, 1.807) is 24.3 Å². The number of hydrogen-bond donors (Lipinski definition) is 2. The van der Waals surface area contributed by atoms with Crippen LogP contribution in [0.1, 0.15) is 12.5 Å². The zero-order valence-electron chi connectivity index (χ0n) is 14.9. The average molecular weight is 382 g/mol. The number of hydrogen-bond acceptors (Lipinski definition) is 6. The van der Waals surface area contributed by atoms with Gasteiger partial charge < -0.3 is 15.1 Å². The molecule has 8 heteroatoms. The first kappa shape index (κ1) is 18.7. The molecule has 7 nitrogen and oxygen atoms in total. The third-order valence-electron chi connectivity index (χ3n) is 3.58. The molecule has 0 aliphatic carbocycles. The second-order valence-corrected chi connectivity index (χ2v) is 6.71. The van der Waals surface area contributed by atoms with Gasteiger partial charge in [0.05, 0.1) is 5.75 Å². The number of rotatable bonds is 6. The summed E-state index contributed by atoms with van der Waals surface area (Å²) in [5.41, 5.74) is 3.12. The van der Waals surface area contributed by atoms with Crippen LogP contribution in [0.5, 0.6) is 0 Å². The van der Waals surface area contributed by atoms with Crippen molar-refractivity contribution in [2.45, 2.75) is 19.1 Å². The number of nitrogens with one attached hydrogen (secondary N) is 2. The van der Waals surface area contributed by atoms with Crippen LogP contribution in [0.4, 0.5) is 11.4 Å². The maximum absolute atomic E-state index is 12.1. The van der Waals surface area contributed by atoms with Crippen molar-refractivity contribution in [3.8, 4) is 11.5 Å². The minimum Gasteiger partial charge on any atom is -0.411 e.